The summed E-state index contributed by atoms with van der Waals surface area (Å²) < 4.78 is 48.9. The number of hydrogen-bond acceptors (Lipinski definition) is 15. The van der Waals surface area contributed by atoms with Crippen LogP contribution in [0.5, 0.6) is 0 Å². The van der Waals surface area contributed by atoms with E-state index in [2.05, 4.69) is 5.32 Å². The highest BCUT2D eigenvalue weighted by atomic mass is 16.6. The molecule has 0 aromatic heterocycles. The first-order valence-electron chi connectivity index (χ1n) is 15.8. The zero-order chi connectivity index (χ0) is 34.2. The number of aliphatic hydroxyl groups is 1. The number of anilines is 1. The van der Waals surface area contributed by atoms with Gasteiger partial charge in [-0.15, -0.1) is 0 Å². The van der Waals surface area contributed by atoms with Crippen LogP contribution < -0.4 is 16.9 Å². The first kappa shape index (κ1) is 42.4. The molecule has 1 aromatic carbocycles. The summed E-state index contributed by atoms with van der Waals surface area (Å²) in [5.74, 6) is 5.08. The highest BCUT2D eigenvalue weighted by Crippen LogP contribution is 2.17. The number of nitrogens with zero attached hydrogens (tertiary/aromatic N) is 1. The smallest absolute Gasteiger partial charge is 0.305 e. The molecule has 0 spiro atoms. The number of ether oxygens (including phenoxy) is 9. The summed E-state index contributed by atoms with van der Waals surface area (Å²) in [6.45, 7) is 7.76. The number of nitrogens with one attached hydrogen (secondary N) is 1. The molecular formula is C31H56N4O12. The molecule has 0 aliphatic rings. The Morgan fingerprint density at radius 1 is 0.723 bits per heavy atom. The monoisotopic (exact) mass is 676 g/mol. The molecule has 0 amide bonds. The highest BCUT2D eigenvalue weighted by molar-refractivity contribution is 5.66. The number of hydrogen-bond donors (Lipinski definition) is 5. The van der Waals surface area contributed by atoms with E-state index < -0.39 is 5.97 Å². The maximum atomic E-state index is 10.3. The molecule has 16 nitrogen and oxygen atoms in total. The lowest BCUT2D eigenvalue weighted by Crippen LogP contribution is -2.31. The molecule has 272 valence electrons. The molecular weight excluding hydrogens is 620 g/mol. The van der Waals surface area contributed by atoms with Crippen LogP contribution in [-0.4, -0.2) is 147 Å². The molecule has 0 heterocycles. The lowest BCUT2D eigenvalue weighted by molar-refractivity contribution is -0.138. The third-order valence-electron chi connectivity index (χ3n) is 6.08. The van der Waals surface area contributed by atoms with Gasteiger partial charge in [0.25, 0.3) is 0 Å². The van der Waals surface area contributed by atoms with E-state index in [0.29, 0.717) is 118 Å². The third kappa shape index (κ3) is 26.1. The van der Waals surface area contributed by atoms with E-state index in [-0.39, 0.29) is 26.2 Å². The maximum Gasteiger partial charge on any atom is 0.305 e. The predicted octanol–water partition coefficient (Wildman–Crippen LogP) is 0.321. The molecule has 7 N–H and O–H groups in total. The molecule has 47 heavy (non-hydrogen) atoms. The van der Waals surface area contributed by atoms with E-state index in [9.17, 15) is 9.90 Å². The summed E-state index contributed by atoms with van der Waals surface area (Å²) in [6, 6.07) is 5.69. The van der Waals surface area contributed by atoms with Gasteiger partial charge in [-0.2, -0.15) is 0 Å². The van der Waals surface area contributed by atoms with Gasteiger partial charge in [0.1, 0.15) is 0 Å². The number of nitrogens with two attached hydrogens (primary N) is 2. The van der Waals surface area contributed by atoms with Crippen molar-refractivity contribution in [3.63, 3.8) is 0 Å². The topological polar surface area (TPSA) is 208 Å². The Kier molecular flexibility index (Phi) is 27.7. The Hall–Kier alpha value is -2.61. The lowest BCUT2D eigenvalue weighted by atomic mass is 10.1. The van der Waals surface area contributed by atoms with Crippen molar-refractivity contribution in [2.45, 2.75) is 19.6 Å². The van der Waals surface area contributed by atoms with Gasteiger partial charge < -0.3 is 68.9 Å². The summed E-state index contributed by atoms with van der Waals surface area (Å²) in [7, 11) is 1.83. The molecule has 0 atom stereocenters. The lowest BCUT2D eigenvalue weighted by Gasteiger charge is -2.16. The van der Waals surface area contributed by atoms with Crippen LogP contribution in [0.15, 0.2) is 30.1 Å². The van der Waals surface area contributed by atoms with Crippen LogP contribution >= 0.6 is 0 Å². The number of hydrazine groups is 1. The molecule has 0 radical (unpaired) electrons. The van der Waals surface area contributed by atoms with Crippen LogP contribution in [0.1, 0.15) is 17.5 Å². The Morgan fingerprint density at radius 3 is 1.60 bits per heavy atom. The van der Waals surface area contributed by atoms with Crippen molar-refractivity contribution in [2.24, 2.45) is 11.6 Å². The average Bonchev–Trinajstić information content (AvgIpc) is 3.06. The van der Waals surface area contributed by atoms with Crippen LogP contribution in [0.4, 0.5) is 5.69 Å². The highest BCUT2D eigenvalue weighted by Gasteiger charge is 2.05. The van der Waals surface area contributed by atoms with Crippen molar-refractivity contribution in [2.75, 3.05) is 131 Å². The molecule has 0 bridgehead atoms. The Balaban J connectivity index is 1.82. The van der Waals surface area contributed by atoms with Crippen molar-refractivity contribution in [3.8, 4) is 0 Å². The minimum absolute atomic E-state index is 0.00804. The standard InChI is InChI=1S/C31H56N4O12/c1-34-30-3-2-27(24-36)28(22-30)25-47-26-29(32)23-35(33)5-7-40-9-11-42-13-15-44-17-19-46-21-20-45-18-16-43-14-12-41-10-8-39-6-4-31(37)38/h2-3,22-23,34,36H,4-21,24-26,32-33H2,1H3,(H,37,38)/b29-23-. The largest absolute Gasteiger partial charge is 0.481 e. The van der Waals surface area contributed by atoms with Gasteiger partial charge in [-0.3, -0.25) is 4.79 Å². The molecule has 0 aliphatic heterocycles. The fourth-order valence-electron chi connectivity index (χ4n) is 3.63. The van der Waals surface area contributed by atoms with Crippen LogP contribution in [-0.2, 0) is 60.6 Å². The fourth-order valence-corrected chi connectivity index (χ4v) is 3.63. The number of aliphatic carboxylic acids is 1. The van der Waals surface area contributed by atoms with E-state index in [4.69, 9.17) is 59.3 Å². The van der Waals surface area contributed by atoms with E-state index >= 15 is 0 Å². The quantitative estimate of drug-likeness (QED) is 0.0378. The van der Waals surface area contributed by atoms with Crippen LogP contribution in [0, 0.1) is 0 Å². The first-order valence-corrected chi connectivity index (χ1v) is 15.8. The summed E-state index contributed by atoms with van der Waals surface area (Å²) >= 11 is 0. The van der Waals surface area contributed by atoms with Gasteiger partial charge in [-0.05, 0) is 23.3 Å². The number of rotatable bonds is 34. The summed E-state index contributed by atoms with van der Waals surface area (Å²) in [4.78, 5) is 10.3. The van der Waals surface area contributed by atoms with Gasteiger partial charge >= 0.3 is 5.97 Å². The third-order valence-corrected chi connectivity index (χ3v) is 6.08. The molecule has 0 saturated carbocycles. The summed E-state index contributed by atoms with van der Waals surface area (Å²) in [5, 5.41) is 22.5. The van der Waals surface area contributed by atoms with Gasteiger partial charge in [0, 0.05) is 18.9 Å². The van der Waals surface area contributed by atoms with E-state index in [1.807, 2.05) is 25.2 Å². The Labute approximate surface area is 278 Å². The first-order chi connectivity index (χ1) is 23.0. The van der Waals surface area contributed by atoms with E-state index in [1.54, 1.807) is 6.20 Å². The predicted molar refractivity (Wildman–Crippen MR) is 174 cm³/mol. The van der Waals surface area contributed by atoms with Crippen molar-refractivity contribution in [1.29, 1.82) is 0 Å². The second kappa shape index (κ2) is 30.7. The summed E-state index contributed by atoms with van der Waals surface area (Å²) in [6.07, 6.45) is 1.60. The van der Waals surface area contributed by atoms with Gasteiger partial charge in [-0.1, -0.05) is 6.07 Å². The number of carbonyl (C=O) groups is 1. The minimum Gasteiger partial charge on any atom is -0.481 e. The molecule has 0 saturated heterocycles. The van der Waals surface area contributed by atoms with Crippen molar-refractivity contribution < 1.29 is 57.6 Å². The van der Waals surface area contributed by atoms with Crippen LogP contribution in [0.25, 0.3) is 0 Å². The molecule has 1 aromatic rings. The molecule has 0 fully saturated rings. The van der Waals surface area contributed by atoms with Gasteiger partial charge in [0.15, 0.2) is 0 Å². The van der Waals surface area contributed by atoms with Gasteiger partial charge in [-0.25, -0.2) is 5.84 Å². The van der Waals surface area contributed by atoms with Crippen LogP contribution in [0.2, 0.25) is 0 Å². The zero-order valence-corrected chi connectivity index (χ0v) is 27.7. The molecule has 1 rings (SSSR count). The van der Waals surface area contributed by atoms with Gasteiger partial charge in [0.2, 0.25) is 0 Å². The Morgan fingerprint density at radius 2 is 1.17 bits per heavy atom. The second-order valence-electron chi connectivity index (χ2n) is 9.87. The van der Waals surface area contributed by atoms with Crippen molar-refractivity contribution in [1.82, 2.24) is 5.01 Å². The van der Waals surface area contributed by atoms with Crippen molar-refractivity contribution in [3.05, 3.63) is 41.2 Å². The molecule has 0 aliphatic carbocycles. The summed E-state index contributed by atoms with van der Waals surface area (Å²) in [5.41, 5.74) is 9.12. The number of carboxylic acids is 1. The number of carboxylic acid groups (broad SMARTS) is 1. The van der Waals surface area contributed by atoms with E-state index in [0.717, 1.165) is 16.8 Å². The number of benzene rings is 1. The fraction of sp³-hybridized carbons (Fsp3) is 0.710. The van der Waals surface area contributed by atoms with Gasteiger partial charge in [0.05, 0.1) is 144 Å². The normalized spacial score (nSPS) is 11.7. The molecule has 0 unspecified atom stereocenters. The van der Waals surface area contributed by atoms with Crippen LogP contribution in [0.3, 0.4) is 0 Å². The van der Waals surface area contributed by atoms with E-state index in [1.165, 1.54) is 5.01 Å². The SMILES string of the molecule is CNc1ccc(CO)c(COC/C(N)=C/N(N)CCOCCOCCOCCOCCOCCOCCOCCOCCC(=O)O)c1. The second-order valence-corrected chi connectivity index (χ2v) is 9.87. The minimum atomic E-state index is -0.879. The Bertz CT molecular complexity index is 928. The average molecular weight is 677 g/mol. The van der Waals surface area contributed by atoms with Crippen molar-refractivity contribution >= 4 is 11.7 Å². The maximum absolute atomic E-state index is 10.3. The number of aliphatic hydroxyl groups excluding tert-OH is 1. The zero-order valence-electron chi connectivity index (χ0n) is 27.7. The molecule has 16 heteroatoms.